The van der Waals surface area contributed by atoms with Crippen LogP contribution in [0.5, 0.6) is 0 Å². The minimum Gasteiger partial charge on any atom is -0.379 e. The molecule has 1 saturated heterocycles. The van der Waals surface area contributed by atoms with Crippen molar-refractivity contribution in [2.75, 3.05) is 19.8 Å². The van der Waals surface area contributed by atoms with E-state index in [0.29, 0.717) is 0 Å². The molecule has 0 aromatic heterocycles. The van der Waals surface area contributed by atoms with Crippen LogP contribution >= 0.6 is 15.9 Å². The molecule has 2 nitrogen and oxygen atoms in total. The molecule has 1 saturated carbocycles. The topological polar surface area (TPSA) is 35.2 Å². The van der Waals surface area contributed by atoms with E-state index in [2.05, 4.69) is 40.2 Å². The van der Waals surface area contributed by atoms with Crippen LogP contribution in [0.25, 0.3) is 0 Å². The molecular weight excluding hydrogens is 278 g/mol. The maximum absolute atomic E-state index is 6.08. The minimum absolute atomic E-state index is 0.153. The fraction of sp³-hybridized carbons (Fsp3) is 0.571. The first-order chi connectivity index (χ1) is 8.24. The van der Waals surface area contributed by atoms with Crippen molar-refractivity contribution < 1.29 is 4.74 Å². The van der Waals surface area contributed by atoms with Gasteiger partial charge in [0.05, 0.1) is 13.2 Å². The normalized spacial score (nSPS) is 24.8. The summed E-state index contributed by atoms with van der Waals surface area (Å²) in [6.45, 7) is 2.43. The van der Waals surface area contributed by atoms with Gasteiger partial charge in [-0.1, -0.05) is 40.5 Å². The molecule has 1 heterocycles. The molecule has 1 aromatic carbocycles. The summed E-state index contributed by atoms with van der Waals surface area (Å²) in [5.74, 6) is 0. The molecule has 92 valence electrons. The van der Waals surface area contributed by atoms with E-state index in [1.54, 1.807) is 0 Å². The van der Waals surface area contributed by atoms with Crippen LogP contribution in [0.2, 0.25) is 0 Å². The third-order valence-corrected chi connectivity index (χ3v) is 5.49. The van der Waals surface area contributed by atoms with E-state index in [1.807, 2.05) is 0 Å². The van der Waals surface area contributed by atoms with Crippen LogP contribution in [0.4, 0.5) is 0 Å². The maximum Gasteiger partial charge on any atom is 0.0591 e. The number of nitrogens with two attached hydrogens (primary N) is 1. The van der Waals surface area contributed by atoms with Crippen molar-refractivity contribution in [1.82, 2.24) is 0 Å². The van der Waals surface area contributed by atoms with Crippen molar-refractivity contribution in [1.29, 1.82) is 0 Å². The minimum atomic E-state index is 0.153. The average Bonchev–Trinajstić information content (AvgIpc) is 2.22. The summed E-state index contributed by atoms with van der Waals surface area (Å²) in [4.78, 5) is 0. The number of hydrogen-bond acceptors (Lipinski definition) is 2. The molecular formula is C14H18BrNO. The second kappa shape index (κ2) is 4.08. The summed E-state index contributed by atoms with van der Waals surface area (Å²) in [6.07, 6.45) is 3.80. The molecule has 0 radical (unpaired) electrons. The Bertz CT molecular complexity index is 418. The highest BCUT2D eigenvalue weighted by Gasteiger charge is 2.59. The van der Waals surface area contributed by atoms with E-state index >= 15 is 0 Å². The standard InChI is InChI=1S/C14H18BrNO/c15-12-5-2-1-4-11(12)14(9-17-10-14)13(8-16)6-3-7-13/h1-2,4-5H,3,6-10,16H2. The SMILES string of the molecule is NCC1(C2(c3ccccc3Br)COC2)CCC1. The molecule has 2 N–H and O–H groups in total. The lowest BCUT2D eigenvalue weighted by molar-refractivity contribution is -0.154. The van der Waals surface area contributed by atoms with Crippen molar-refractivity contribution in [3.05, 3.63) is 34.3 Å². The molecule has 0 amide bonds. The van der Waals surface area contributed by atoms with Crippen LogP contribution < -0.4 is 5.73 Å². The van der Waals surface area contributed by atoms with Gasteiger partial charge < -0.3 is 10.5 Å². The molecule has 17 heavy (non-hydrogen) atoms. The Morgan fingerprint density at radius 1 is 1.24 bits per heavy atom. The fourth-order valence-corrected chi connectivity index (χ4v) is 4.05. The second-order valence-electron chi connectivity index (χ2n) is 5.39. The number of halogens is 1. The molecule has 1 aliphatic carbocycles. The number of rotatable bonds is 3. The van der Waals surface area contributed by atoms with Gasteiger partial charge in [0, 0.05) is 9.89 Å². The Labute approximate surface area is 111 Å². The molecule has 0 bridgehead atoms. The Balaban J connectivity index is 2.06. The predicted octanol–water partition coefficient (Wildman–Crippen LogP) is 2.85. The molecule has 2 aliphatic rings. The maximum atomic E-state index is 6.08. The highest BCUT2D eigenvalue weighted by molar-refractivity contribution is 9.10. The smallest absolute Gasteiger partial charge is 0.0591 e. The van der Waals surface area contributed by atoms with E-state index < -0.39 is 0 Å². The van der Waals surface area contributed by atoms with Gasteiger partial charge in [0.15, 0.2) is 0 Å². The molecule has 2 fully saturated rings. The summed E-state index contributed by atoms with van der Waals surface area (Å²) < 4.78 is 6.75. The van der Waals surface area contributed by atoms with E-state index in [-0.39, 0.29) is 10.8 Å². The van der Waals surface area contributed by atoms with Gasteiger partial charge in [0.2, 0.25) is 0 Å². The van der Waals surface area contributed by atoms with Gasteiger partial charge in [-0.25, -0.2) is 0 Å². The van der Waals surface area contributed by atoms with Crippen LogP contribution in [-0.4, -0.2) is 19.8 Å². The summed E-state index contributed by atoms with van der Waals surface area (Å²) >= 11 is 3.69. The summed E-state index contributed by atoms with van der Waals surface area (Å²) in [7, 11) is 0. The van der Waals surface area contributed by atoms with Gasteiger partial charge >= 0.3 is 0 Å². The first-order valence-electron chi connectivity index (χ1n) is 6.27. The fourth-order valence-electron chi connectivity index (χ4n) is 3.38. The number of benzene rings is 1. The van der Waals surface area contributed by atoms with E-state index in [4.69, 9.17) is 10.5 Å². The van der Waals surface area contributed by atoms with Crippen molar-refractivity contribution in [3.8, 4) is 0 Å². The predicted molar refractivity (Wildman–Crippen MR) is 72.0 cm³/mol. The first-order valence-corrected chi connectivity index (χ1v) is 7.06. The van der Waals surface area contributed by atoms with Gasteiger partial charge in [0.25, 0.3) is 0 Å². The zero-order chi connectivity index (χ0) is 11.9. The zero-order valence-corrected chi connectivity index (χ0v) is 11.5. The third kappa shape index (κ3) is 1.46. The molecule has 3 rings (SSSR count). The summed E-state index contributed by atoms with van der Waals surface area (Å²) in [6, 6.07) is 8.53. The van der Waals surface area contributed by atoms with Gasteiger partial charge in [-0.15, -0.1) is 0 Å². The van der Waals surface area contributed by atoms with Crippen molar-refractivity contribution in [2.45, 2.75) is 24.7 Å². The molecule has 0 atom stereocenters. The van der Waals surface area contributed by atoms with E-state index in [1.165, 1.54) is 29.3 Å². The Kier molecular flexibility index (Phi) is 2.80. The van der Waals surface area contributed by atoms with Crippen molar-refractivity contribution in [3.63, 3.8) is 0 Å². The number of ether oxygens (including phenoxy) is 1. The van der Waals surface area contributed by atoms with Crippen molar-refractivity contribution >= 4 is 15.9 Å². The van der Waals surface area contributed by atoms with Gasteiger partial charge in [-0.2, -0.15) is 0 Å². The second-order valence-corrected chi connectivity index (χ2v) is 6.25. The number of hydrogen-bond donors (Lipinski definition) is 1. The third-order valence-electron chi connectivity index (χ3n) is 4.80. The highest BCUT2D eigenvalue weighted by atomic mass is 79.9. The molecule has 0 spiro atoms. The summed E-state index contributed by atoms with van der Waals surface area (Å²) in [5, 5.41) is 0. The monoisotopic (exact) mass is 295 g/mol. The van der Waals surface area contributed by atoms with Gasteiger partial charge in [-0.05, 0) is 36.4 Å². The molecule has 1 aliphatic heterocycles. The summed E-state index contributed by atoms with van der Waals surface area (Å²) in [5.41, 5.74) is 7.89. The van der Waals surface area contributed by atoms with Crippen LogP contribution in [0.1, 0.15) is 24.8 Å². The van der Waals surface area contributed by atoms with Crippen LogP contribution in [0.3, 0.4) is 0 Å². The van der Waals surface area contributed by atoms with Gasteiger partial charge in [0.1, 0.15) is 0 Å². The molecule has 1 aromatic rings. The van der Waals surface area contributed by atoms with Crippen LogP contribution in [0, 0.1) is 5.41 Å². The van der Waals surface area contributed by atoms with Crippen LogP contribution in [0.15, 0.2) is 28.7 Å². The van der Waals surface area contributed by atoms with E-state index in [0.717, 1.165) is 19.8 Å². The lowest BCUT2D eigenvalue weighted by Gasteiger charge is -2.60. The Morgan fingerprint density at radius 2 is 1.94 bits per heavy atom. The zero-order valence-electron chi connectivity index (χ0n) is 9.92. The Morgan fingerprint density at radius 3 is 2.35 bits per heavy atom. The first kappa shape index (κ1) is 11.7. The Hall–Kier alpha value is -0.380. The quantitative estimate of drug-likeness (QED) is 0.931. The lowest BCUT2D eigenvalue weighted by atomic mass is 9.50. The van der Waals surface area contributed by atoms with E-state index in [9.17, 15) is 0 Å². The highest BCUT2D eigenvalue weighted by Crippen LogP contribution is 2.58. The van der Waals surface area contributed by atoms with Crippen molar-refractivity contribution in [2.24, 2.45) is 11.1 Å². The largest absolute Gasteiger partial charge is 0.379 e. The lowest BCUT2D eigenvalue weighted by Crippen LogP contribution is -2.64. The molecule has 3 heteroatoms. The average molecular weight is 296 g/mol. The van der Waals surface area contributed by atoms with Gasteiger partial charge in [-0.3, -0.25) is 0 Å². The molecule has 0 unspecified atom stereocenters. The van der Waals surface area contributed by atoms with Crippen LogP contribution in [-0.2, 0) is 10.2 Å².